The number of nitrogens with one attached hydrogen (secondary N) is 2. The molecule has 176 valence electrons. The van der Waals surface area contributed by atoms with Crippen molar-refractivity contribution in [3.63, 3.8) is 0 Å². The van der Waals surface area contributed by atoms with E-state index < -0.39 is 29.4 Å². The van der Waals surface area contributed by atoms with Gasteiger partial charge in [0.05, 0.1) is 0 Å². The molecule has 3 N–H and O–H groups in total. The fraction of sp³-hybridized carbons (Fsp3) is 0.222. The van der Waals surface area contributed by atoms with E-state index >= 15 is 0 Å². The van der Waals surface area contributed by atoms with Gasteiger partial charge in [0, 0.05) is 17.5 Å². The maximum absolute atomic E-state index is 12.5. The molecule has 0 saturated carbocycles. The Kier molecular flexibility index (Phi) is 8.16. The molecule has 0 unspecified atom stereocenters. The van der Waals surface area contributed by atoms with Gasteiger partial charge in [-0.25, -0.2) is 0 Å². The van der Waals surface area contributed by atoms with Crippen molar-refractivity contribution < 1.29 is 24.2 Å². The molecular formula is C27H28N2O5. The van der Waals surface area contributed by atoms with Crippen molar-refractivity contribution in [3.8, 4) is 11.5 Å². The number of para-hydroxylation sites is 1. The smallest absolute Gasteiger partial charge is 0.320 e. The third-order valence-electron chi connectivity index (χ3n) is 5.32. The summed E-state index contributed by atoms with van der Waals surface area (Å²) in [6.45, 7) is 3.76. The highest BCUT2D eigenvalue weighted by Gasteiger charge is 2.28. The van der Waals surface area contributed by atoms with E-state index in [9.17, 15) is 19.5 Å². The van der Waals surface area contributed by atoms with Gasteiger partial charge in [0.1, 0.15) is 17.5 Å². The highest BCUT2D eigenvalue weighted by atomic mass is 16.5. The molecule has 7 nitrogen and oxygen atoms in total. The van der Waals surface area contributed by atoms with Crippen LogP contribution in [0.4, 0.5) is 0 Å². The van der Waals surface area contributed by atoms with Crippen LogP contribution in [-0.4, -0.2) is 28.9 Å². The van der Waals surface area contributed by atoms with Gasteiger partial charge >= 0.3 is 5.97 Å². The molecule has 0 heterocycles. The van der Waals surface area contributed by atoms with Gasteiger partial charge in [-0.1, -0.05) is 54.6 Å². The van der Waals surface area contributed by atoms with Crippen LogP contribution in [0.15, 0.2) is 84.9 Å². The van der Waals surface area contributed by atoms with E-state index in [0.717, 1.165) is 5.56 Å². The molecule has 0 aliphatic heterocycles. The Labute approximate surface area is 198 Å². The Hall–Kier alpha value is -3.97. The lowest BCUT2D eigenvalue weighted by Gasteiger charge is -2.30. The van der Waals surface area contributed by atoms with Gasteiger partial charge in [0.2, 0.25) is 5.91 Å². The Morgan fingerprint density at radius 3 is 2.15 bits per heavy atom. The highest BCUT2D eigenvalue weighted by Crippen LogP contribution is 2.23. The number of benzene rings is 3. The summed E-state index contributed by atoms with van der Waals surface area (Å²) < 4.78 is 5.72. The fourth-order valence-corrected chi connectivity index (χ4v) is 3.49. The first-order valence-corrected chi connectivity index (χ1v) is 11.0. The van der Waals surface area contributed by atoms with Crippen LogP contribution in [0, 0.1) is 0 Å². The second kappa shape index (κ2) is 11.2. The largest absolute Gasteiger partial charge is 0.480 e. The molecular weight excluding hydrogens is 432 g/mol. The Bertz CT molecular complexity index is 1130. The van der Waals surface area contributed by atoms with Gasteiger partial charge in [-0.15, -0.1) is 0 Å². The summed E-state index contributed by atoms with van der Waals surface area (Å²) >= 11 is 0. The molecule has 0 saturated heterocycles. The summed E-state index contributed by atoms with van der Waals surface area (Å²) in [7, 11) is 0. The van der Waals surface area contributed by atoms with Crippen LogP contribution in [0.1, 0.15) is 42.6 Å². The van der Waals surface area contributed by atoms with Gasteiger partial charge in [-0.05, 0) is 56.2 Å². The number of hydrogen-bond acceptors (Lipinski definition) is 5. The van der Waals surface area contributed by atoms with E-state index in [4.69, 9.17) is 4.74 Å². The van der Waals surface area contributed by atoms with Crippen LogP contribution in [0.2, 0.25) is 0 Å². The first-order valence-electron chi connectivity index (χ1n) is 11.0. The number of aliphatic carboxylic acids is 1. The van der Waals surface area contributed by atoms with Gasteiger partial charge < -0.3 is 9.84 Å². The van der Waals surface area contributed by atoms with Gasteiger partial charge in [-0.2, -0.15) is 0 Å². The number of imide groups is 1. The van der Waals surface area contributed by atoms with Crippen LogP contribution in [0.25, 0.3) is 0 Å². The number of carbonyl (C=O) groups excluding carboxylic acids is 2. The Balaban J connectivity index is 1.56. The minimum absolute atomic E-state index is 0.0296. The molecule has 0 bridgehead atoms. The third-order valence-corrected chi connectivity index (χ3v) is 5.32. The van der Waals surface area contributed by atoms with E-state index in [0.29, 0.717) is 11.5 Å². The zero-order chi connectivity index (χ0) is 24.6. The van der Waals surface area contributed by atoms with E-state index in [1.165, 1.54) is 0 Å². The zero-order valence-electron chi connectivity index (χ0n) is 19.2. The van der Waals surface area contributed by atoms with Crippen LogP contribution in [-0.2, 0) is 15.1 Å². The maximum atomic E-state index is 12.5. The number of hydrogen-bond donors (Lipinski definition) is 3. The van der Waals surface area contributed by atoms with E-state index in [1.807, 2.05) is 62.4 Å². The summed E-state index contributed by atoms with van der Waals surface area (Å²) in [6.07, 6.45) is -0.0946. The van der Waals surface area contributed by atoms with Crippen molar-refractivity contribution in [1.82, 2.24) is 10.6 Å². The zero-order valence-corrected chi connectivity index (χ0v) is 19.2. The van der Waals surface area contributed by atoms with Crippen LogP contribution >= 0.6 is 0 Å². The highest BCUT2D eigenvalue weighted by molar-refractivity contribution is 6.04. The fourth-order valence-electron chi connectivity index (χ4n) is 3.49. The van der Waals surface area contributed by atoms with Gasteiger partial charge in [0.15, 0.2) is 0 Å². The maximum Gasteiger partial charge on any atom is 0.320 e. The summed E-state index contributed by atoms with van der Waals surface area (Å²) in [5.41, 5.74) is 0.578. The number of rotatable bonds is 10. The minimum atomic E-state index is -1.06. The molecule has 3 aromatic carbocycles. The van der Waals surface area contributed by atoms with Crippen molar-refractivity contribution in [2.45, 2.75) is 38.3 Å². The topological polar surface area (TPSA) is 105 Å². The predicted octanol–water partition coefficient (Wildman–Crippen LogP) is 4.49. The second-order valence-corrected chi connectivity index (χ2v) is 8.39. The second-order valence-electron chi connectivity index (χ2n) is 8.39. The number of carboxylic acids is 1. The molecule has 0 aromatic heterocycles. The number of carbonyl (C=O) groups is 3. The lowest BCUT2D eigenvalue weighted by atomic mass is 9.92. The number of carboxylic acid groups (broad SMARTS) is 1. The van der Waals surface area contributed by atoms with Crippen LogP contribution in [0.5, 0.6) is 11.5 Å². The average molecular weight is 461 g/mol. The van der Waals surface area contributed by atoms with Gasteiger partial charge in [0.25, 0.3) is 5.91 Å². The quantitative estimate of drug-likeness (QED) is 0.412. The SMILES string of the molecule is CC(C)(N[C@@H](CCC(=O)NC(=O)c1cccc(Oc2ccccc2)c1)C(=O)O)c1ccccc1. The molecule has 0 spiro atoms. The molecule has 34 heavy (non-hydrogen) atoms. The first kappa shape index (κ1) is 24.7. The average Bonchev–Trinajstić information content (AvgIpc) is 2.83. The van der Waals surface area contributed by atoms with Crippen LogP contribution in [0.3, 0.4) is 0 Å². The van der Waals surface area contributed by atoms with Crippen molar-refractivity contribution >= 4 is 17.8 Å². The Morgan fingerprint density at radius 2 is 1.50 bits per heavy atom. The van der Waals surface area contributed by atoms with Gasteiger partial charge in [-0.3, -0.25) is 25.0 Å². The van der Waals surface area contributed by atoms with Crippen LogP contribution < -0.4 is 15.4 Å². The minimum Gasteiger partial charge on any atom is -0.480 e. The Morgan fingerprint density at radius 1 is 0.882 bits per heavy atom. The third kappa shape index (κ3) is 7.02. The standard InChI is InChI=1S/C27H28N2O5/c1-27(2,20-11-5-3-6-12-20)29-23(26(32)33)16-17-24(30)28-25(31)19-10-9-15-22(18-19)34-21-13-7-4-8-14-21/h3-15,18,23,29H,16-17H2,1-2H3,(H,32,33)(H,28,30,31)/t23-/m0/s1. The lowest BCUT2D eigenvalue weighted by Crippen LogP contribution is -2.48. The van der Waals surface area contributed by atoms with E-state index in [-0.39, 0.29) is 18.4 Å². The molecule has 7 heteroatoms. The molecule has 0 fully saturated rings. The number of amides is 2. The summed E-state index contributed by atoms with van der Waals surface area (Å²) in [5, 5.41) is 15.1. The molecule has 2 amide bonds. The molecule has 0 radical (unpaired) electrons. The summed E-state index contributed by atoms with van der Waals surface area (Å²) in [4.78, 5) is 36.7. The molecule has 1 atom stereocenters. The normalized spacial score (nSPS) is 11.9. The molecule has 3 aromatic rings. The van der Waals surface area contributed by atoms with E-state index in [2.05, 4.69) is 10.6 Å². The molecule has 0 aliphatic carbocycles. The van der Waals surface area contributed by atoms with Crippen molar-refractivity contribution in [1.29, 1.82) is 0 Å². The summed E-state index contributed by atoms with van der Waals surface area (Å²) in [5.74, 6) is -1.10. The van der Waals surface area contributed by atoms with Crippen molar-refractivity contribution in [2.24, 2.45) is 0 Å². The lowest BCUT2D eigenvalue weighted by molar-refractivity contribution is -0.140. The predicted molar refractivity (Wildman–Crippen MR) is 129 cm³/mol. The monoisotopic (exact) mass is 460 g/mol. The number of ether oxygens (including phenoxy) is 1. The summed E-state index contributed by atoms with van der Waals surface area (Å²) in [6, 6.07) is 24.1. The van der Waals surface area contributed by atoms with Crippen molar-refractivity contribution in [2.75, 3.05) is 0 Å². The molecule has 3 rings (SSSR count). The molecule has 0 aliphatic rings. The van der Waals surface area contributed by atoms with Crippen molar-refractivity contribution in [3.05, 3.63) is 96.1 Å². The first-order chi connectivity index (χ1) is 16.2. The van der Waals surface area contributed by atoms with E-state index in [1.54, 1.807) is 36.4 Å².